The number of halogens is 2. The van der Waals surface area contributed by atoms with Gasteiger partial charge < -0.3 is 5.32 Å². The third-order valence-electron chi connectivity index (χ3n) is 2.69. The summed E-state index contributed by atoms with van der Waals surface area (Å²) >= 11 is 0. The van der Waals surface area contributed by atoms with Crippen LogP contribution in [0.1, 0.15) is 39.5 Å². The first-order valence-corrected chi connectivity index (χ1v) is 5.58. The molecule has 1 unspecified atom stereocenters. The van der Waals surface area contributed by atoms with E-state index >= 15 is 0 Å². The second-order valence-electron chi connectivity index (χ2n) is 4.87. The van der Waals surface area contributed by atoms with Crippen LogP contribution in [0.15, 0.2) is 0 Å². The van der Waals surface area contributed by atoms with Crippen molar-refractivity contribution < 1.29 is 8.78 Å². The van der Waals surface area contributed by atoms with Crippen LogP contribution in [0.4, 0.5) is 8.78 Å². The number of rotatable bonds is 4. The van der Waals surface area contributed by atoms with Crippen LogP contribution >= 0.6 is 0 Å². The maximum atomic E-state index is 13.4. The second-order valence-corrected chi connectivity index (χ2v) is 4.87. The molecule has 0 radical (unpaired) electrons. The van der Waals surface area contributed by atoms with Gasteiger partial charge in [0, 0.05) is 12.8 Å². The molecule has 0 aromatic heterocycles. The molecular weight excluding hydrogens is 184 g/mol. The van der Waals surface area contributed by atoms with Crippen molar-refractivity contribution in [2.75, 3.05) is 13.1 Å². The summed E-state index contributed by atoms with van der Waals surface area (Å²) in [6.45, 7) is 5.47. The number of piperidine rings is 1. The van der Waals surface area contributed by atoms with Crippen LogP contribution in [0.2, 0.25) is 0 Å². The highest BCUT2D eigenvalue weighted by molar-refractivity contribution is 4.77. The van der Waals surface area contributed by atoms with Gasteiger partial charge in [-0.05, 0) is 37.8 Å². The fraction of sp³-hybridized carbons (Fsp3) is 1.00. The van der Waals surface area contributed by atoms with Gasteiger partial charge in [-0.2, -0.15) is 0 Å². The quantitative estimate of drug-likeness (QED) is 0.743. The van der Waals surface area contributed by atoms with E-state index in [-0.39, 0.29) is 24.7 Å². The minimum absolute atomic E-state index is 0.0313. The van der Waals surface area contributed by atoms with E-state index in [0.29, 0.717) is 0 Å². The van der Waals surface area contributed by atoms with Crippen molar-refractivity contribution in [2.24, 2.45) is 11.8 Å². The average molecular weight is 205 g/mol. The lowest BCUT2D eigenvalue weighted by molar-refractivity contribution is -0.0432. The maximum absolute atomic E-state index is 13.4. The SMILES string of the molecule is CC(C)CC(F)(F)CC1CCCNC1. The van der Waals surface area contributed by atoms with Gasteiger partial charge in [-0.15, -0.1) is 0 Å². The lowest BCUT2D eigenvalue weighted by Gasteiger charge is -2.27. The summed E-state index contributed by atoms with van der Waals surface area (Å²) < 4.78 is 26.9. The Morgan fingerprint density at radius 3 is 2.64 bits per heavy atom. The summed E-state index contributed by atoms with van der Waals surface area (Å²) in [4.78, 5) is 0. The van der Waals surface area contributed by atoms with Crippen LogP contribution < -0.4 is 5.32 Å². The molecule has 84 valence electrons. The average Bonchev–Trinajstić information content (AvgIpc) is 2.02. The van der Waals surface area contributed by atoms with Crippen molar-refractivity contribution in [3.05, 3.63) is 0 Å². The summed E-state index contributed by atoms with van der Waals surface area (Å²) in [5.74, 6) is -2.20. The molecule has 1 fully saturated rings. The standard InChI is InChI=1S/C11H21F2N/c1-9(2)6-11(12,13)7-10-4-3-5-14-8-10/h9-10,14H,3-8H2,1-2H3. The predicted molar refractivity (Wildman–Crippen MR) is 54.6 cm³/mol. The van der Waals surface area contributed by atoms with Crippen molar-refractivity contribution in [1.82, 2.24) is 5.32 Å². The van der Waals surface area contributed by atoms with Crippen LogP contribution in [0.3, 0.4) is 0 Å². The monoisotopic (exact) mass is 205 g/mol. The predicted octanol–water partition coefficient (Wildman–Crippen LogP) is 3.06. The van der Waals surface area contributed by atoms with Crippen molar-refractivity contribution in [3.8, 4) is 0 Å². The Labute approximate surface area is 85.3 Å². The van der Waals surface area contributed by atoms with Gasteiger partial charge in [0.1, 0.15) is 0 Å². The fourth-order valence-electron chi connectivity index (χ4n) is 2.20. The molecule has 1 aliphatic heterocycles. The van der Waals surface area contributed by atoms with Gasteiger partial charge in [0.15, 0.2) is 0 Å². The normalized spacial score (nSPS) is 24.2. The van der Waals surface area contributed by atoms with E-state index in [1.165, 1.54) is 0 Å². The highest BCUT2D eigenvalue weighted by Crippen LogP contribution is 2.32. The van der Waals surface area contributed by atoms with Gasteiger partial charge in [-0.25, -0.2) is 8.78 Å². The first kappa shape index (κ1) is 11.9. The smallest absolute Gasteiger partial charge is 0.248 e. The third kappa shape index (κ3) is 4.36. The largest absolute Gasteiger partial charge is 0.316 e. The van der Waals surface area contributed by atoms with Crippen LogP contribution in [0.5, 0.6) is 0 Å². The number of hydrogen-bond donors (Lipinski definition) is 1. The molecular formula is C11H21F2N. The first-order chi connectivity index (χ1) is 6.49. The van der Waals surface area contributed by atoms with Crippen molar-refractivity contribution in [1.29, 1.82) is 0 Å². The minimum atomic E-state index is -2.46. The Bertz CT molecular complexity index is 163. The molecule has 0 amide bonds. The molecule has 3 heteroatoms. The van der Waals surface area contributed by atoms with Crippen molar-refractivity contribution >= 4 is 0 Å². The lowest BCUT2D eigenvalue weighted by Crippen LogP contribution is -2.34. The first-order valence-electron chi connectivity index (χ1n) is 5.58. The fourth-order valence-corrected chi connectivity index (χ4v) is 2.20. The van der Waals surface area contributed by atoms with Crippen LogP contribution in [-0.2, 0) is 0 Å². The van der Waals surface area contributed by atoms with E-state index in [0.717, 1.165) is 25.9 Å². The lowest BCUT2D eigenvalue weighted by atomic mass is 9.90. The molecule has 1 rings (SSSR count). The van der Waals surface area contributed by atoms with Crippen LogP contribution in [0.25, 0.3) is 0 Å². The summed E-state index contributed by atoms with van der Waals surface area (Å²) in [5.41, 5.74) is 0. The molecule has 0 aromatic rings. The molecule has 1 nitrogen and oxygen atoms in total. The summed E-state index contributed by atoms with van der Waals surface area (Å²) in [6, 6.07) is 0. The van der Waals surface area contributed by atoms with Crippen LogP contribution in [-0.4, -0.2) is 19.0 Å². The number of nitrogens with one attached hydrogen (secondary N) is 1. The van der Waals surface area contributed by atoms with E-state index in [1.54, 1.807) is 0 Å². The highest BCUT2D eigenvalue weighted by Gasteiger charge is 2.33. The molecule has 0 spiro atoms. The topological polar surface area (TPSA) is 12.0 Å². The molecule has 14 heavy (non-hydrogen) atoms. The Hall–Kier alpha value is -0.180. The molecule has 1 heterocycles. The van der Waals surface area contributed by atoms with Gasteiger partial charge in [-0.3, -0.25) is 0 Å². The van der Waals surface area contributed by atoms with E-state index in [9.17, 15) is 8.78 Å². The Morgan fingerprint density at radius 1 is 1.43 bits per heavy atom. The molecule has 0 saturated carbocycles. The number of hydrogen-bond acceptors (Lipinski definition) is 1. The zero-order valence-electron chi connectivity index (χ0n) is 9.15. The van der Waals surface area contributed by atoms with Gasteiger partial charge in [0.2, 0.25) is 5.92 Å². The summed E-state index contributed by atoms with van der Waals surface area (Å²) in [5, 5.41) is 3.18. The van der Waals surface area contributed by atoms with Gasteiger partial charge in [0.25, 0.3) is 0 Å². The maximum Gasteiger partial charge on any atom is 0.248 e. The molecule has 1 atom stereocenters. The van der Waals surface area contributed by atoms with Gasteiger partial charge in [-0.1, -0.05) is 13.8 Å². The van der Waals surface area contributed by atoms with Gasteiger partial charge in [0.05, 0.1) is 0 Å². The second kappa shape index (κ2) is 5.06. The van der Waals surface area contributed by atoms with Crippen molar-refractivity contribution in [2.45, 2.75) is 45.5 Å². The molecule has 1 saturated heterocycles. The van der Waals surface area contributed by atoms with E-state index < -0.39 is 5.92 Å². The minimum Gasteiger partial charge on any atom is -0.316 e. The Kier molecular flexibility index (Phi) is 4.30. The number of alkyl halides is 2. The Balaban J connectivity index is 2.32. The van der Waals surface area contributed by atoms with E-state index in [1.807, 2.05) is 13.8 Å². The van der Waals surface area contributed by atoms with E-state index in [2.05, 4.69) is 5.32 Å². The van der Waals surface area contributed by atoms with Gasteiger partial charge >= 0.3 is 0 Å². The van der Waals surface area contributed by atoms with E-state index in [4.69, 9.17) is 0 Å². The third-order valence-corrected chi connectivity index (χ3v) is 2.69. The molecule has 0 aliphatic carbocycles. The molecule has 1 N–H and O–H groups in total. The molecule has 0 bridgehead atoms. The zero-order chi connectivity index (χ0) is 10.6. The zero-order valence-corrected chi connectivity index (χ0v) is 9.15. The molecule has 0 aromatic carbocycles. The van der Waals surface area contributed by atoms with Crippen LogP contribution in [0, 0.1) is 11.8 Å². The molecule has 1 aliphatic rings. The Morgan fingerprint density at radius 2 is 2.14 bits per heavy atom. The highest BCUT2D eigenvalue weighted by atomic mass is 19.3. The summed E-state index contributed by atoms with van der Waals surface area (Å²) in [7, 11) is 0. The summed E-state index contributed by atoms with van der Waals surface area (Å²) in [6.07, 6.45) is 2.10. The van der Waals surface area contributed by atoms with Crippen molar-refractivity contribution in [3.63, 3.8) is 0 Å².